The second-order valence-electron chi connectivity index (χ2n) is 9.90. The number of nitrogens with one attached hydrogen (secondary N) is 1. The Labute approximate surface area is 225 Å². The van der Waals surface area contributed by atoms with Gasteiger partial charge in [-0.15, -0.1) is 0 Å². The average Bonchev–Trinajstić information content (AvgIpc) is 3.72. The molecule has 10 nitrogen and oxygen atoms in total. The maximum absolute atomic E-state index is 11.9. The lowest BCUT2D eigenvalue weighted by Gasteiger charge is -2.17. The fourth-order valence-corrected chi connectivity index (χ4v) is 4.58. The molecule has 2 aromatic heterocycles. The van der Waals surface area contributed by atoms with Crippen molar-refractivity contribution in [1.82, 2.24) is 19.5 Å². The van der Waals surface area contributed by atoms with Crippen molar-refractivity contribution in [2.45, 2.75) is 45.7 Å². The highest BCUT2D eigenvalue weighted by Crippen LogP contribution is 2.37. The topological polar surface area (TPSA) is 146 Å². The van der Waals surface area contributed by atoms with E-state index < -0.39 is 5.97 Å². The van der Waals surface area contributed by atoms with E-state index in [0.29, 0.717) is 54.0 Å². The highest BCUT2D eigenvalue weighted by Gasteiger charge is 2.30. The Morgan fingerprint density at radius 1 is 1.21 bits per heavy atom. The first-order valence-electron chi connectivity index (χ1n) is 13.0. The molecule has 0 amide bonds. The van der Waals surface area contributed by atoms with Crippen LogP contribution in [0.25, 0.3) is 22.6 Å². The average molecular weight is 527 g/mol. The molecule has 2 aromatic carbocycles. The minimum Gasteiger partial charge on any atom is -0.493 e. The number of aromatic nitrogens is 4. The van der Waals surface area contributed by atoms with Crippen molar-refractivity contribution < 1.29 is 19.7 Å². The van der Waals surface area contributed by atoms with E-state index in [9.17, 15) is 20.3 Å². The third-order valence-electron chi connectivity index (χ3n) is 6.85. The number of ether oxygens (including phenoxy) is 1. The van der Waals surface area contributed by atoms with Crippen LogP contribution in [0, 0.1) is 24.2 Å². The Kier molecular flexibility index (Phi) is 7.43. The Morgan fingerprint density at radius 2 is 1.97 bits per heavy atom. The van der Waals surface area contributed by atoms with Crippen LogP contribution in [-0.4, -0.2) is 55.0 Å². The minimum absolute atomic E-state index is 0.0141. The van der Waals surface area contributed by atoms with Crippen molar-refractivity contribution in [1.29, 1.82) is 5.26 Å². The standard InChI is InChI=1S/C29H30N6O4/c1-17-4-11-23(39-13-3-12-36)22(14-17)28-34-26-24(35(28)16-20-7-5-19(15-30)6-8-20)25(31-18(2)21-9-10-21)32-27(33-26)29(37)38/h4-8,11,14,18,21,36H,3,9-10,12-13,16H2,1-2H3,(H,37,38)(H,31,32,33)/t18-/m1/s1. The molecule has 4 aromatic rings. The summed E-state index contributed by atoms with van der Waals surface area (Å²) in [6, 6.07) is 15.3. The molecule has 10 heteroatoms. The van der Waals surface area contributed by atoms with Crippen molar-refractivity contribution in [3.8, 4) is 23.2 Å². The largest absolute Gasteiger partial charge is 0.493 e. The number of fused-ring (bicyclic) bond motifs is 1. The lowest BCUT2D eigenvalue weighted by molar-refractivity contribution is 0.0684. The number of aliphatic hydroxyl groups is 1. The Morgan fingerprint density at radius 3 is 2.64 bits per heavy atom. The molecule has 0 saturated heterocycles. The molecule has 3 N–H and O–H groups in total. The number of nitriles is 1. The fraction of sp³-hybridized carbons (Fsp3) is 0.345. The summed E-state index contributed by atoms with van der Waals surface area (Å²) in [6.07, 6.45) is 2.71. The highest BCUT2D eigenvalue weighted by atomic mass is 16.5. The summed E-state index contributed by atoms with van der Waals surface area (Å²) in [5.74, 6) is 0.506. The van der Waals surface area contributed by atoms with Gasteiger partial charge in [0.05, 0.1) is 23.8 Å². The molecule has 1 atom stereocenters. The van der Waals surface area contributed by atoms with E-state index in [2.05, 4.69) is 28.3 Å². The maximum atomic E-state index is 11.9. The number of anilines is 1. The summed E-state index contributed by atoms with van der Waals surface area (Å²) in [5, 5.41) is 31.7. The number of imidazole rings is 1. The van der Waals surface area contributed by atoms with Crippen LogP contribution in [0.1, 0.15) is 53.5 Å². The first-order valence-corrected chi connectivity index (χ1v) is 13.0. The number of benzene rings is 2. The minimum atomic E-state index is -1.23. The lowest BCUT2D eigenvalue weighted by atomic mass is 10.1. The Balaban J connectivity index is 1.72. The van der Waals surface area contributed by atoms with Gasteiger partial charge in [-0.1, -0.05) is 23.8 Å². The van der Waals surface area contributed by atoms with E-state index in [4.69, 9.17) is 9.72 Å². The summed E-state index contributed by atoms with van der Waals surface area (Å²) in [5.41, 5.74) is 4.05. The second kappa shape index (κ2) is 11.1. The van der Waals surface area contributed by atoms with Crippen LogP contribution in [0.15, 0.2) is 42.5 Å². The zero-order valence-corrected chi connectivity index (χ0v) is 21.9. The number of aromatic carboxylic acids is 1. The second-order valence-corrected chi connectivity index (χ2v) is 9.90. The van der Waals surface area contributed by atoms with Crippen molar-refractivity contribution in [3.05, 3.63) is 65.0 Å². The van der Waals surface area contributed by atoms with E-state index in [0.717, 1.165) is 29.5 Å². The van der Waals surface area contributed by atoms with Gasteiger partial charge < -0.3 is 24.8 Å². The number of aliphatic hydroxyl groups excluding tert-OH is 1. The molecule has 39 heavy (non-hydrogen) atoms. The van der Waals surface area contributed by atoms with Crippen molar-refractivity contribution in [2.75, 3.05) is 18.5 Å². The van der Waals surface area contributed by atoms with E-state index >= 15 is 0 Å². The third kappa shape index (κ3) is 5.68. The van der Waals surface area contributed by atoms with Gasteiger partial charge in [0.25, 0.3) is 0 Å². The molecule has 1 aliphatic rings. The monoisotopic (exact) mass is 526 g/mol. The molecular weight excluding hydrogens is 496 g/mol. The molecule has 0 unspecified atom stereocenters. The number of aryl methyl sites for hydroxylation is 1. The summed E-state index contributed by atoms with van der Waals surface area (Å²) < 4.78 is 7.99. The number of rotatable bonds is 11. The van der Waals surface area contributed by atoms with Gasteiger partial charge >= 0.3 is 5.97 Å². The van der Waals surface area contributed by atoms with Crippen LogP contribution in [0.3, 0.4) is 0 Å². The Bertz CT molecular complexity index is 1550. The smallest absolute Gasteiger partial charge is 0.374 e. The van der Waals surface area contributed by atoms with Crippen molar-refractivity contribution >= 4 is 23.0 Å². The number of nitrogens with zero attached hydrogens (tertiary/aromatic N) is 5. The van der Waals surface area contributed by atoms with Gasteiger partial charge in [-0.25, -0.2) is 19.7 Å². The number of carboxylic acids is 1. The summed E-state index contributed by atoms with van der Waals surface area (Å²) in [6.45, 7) is 4.77. The molecule has 0 radical (unpaired) electrons. The van der Waals surface area contributed by atoms with Crippen LogP contribution in [0.5, 0.6) is 5.75 Å². The van der Waals surface area contributed by atoms with Gasteiger partial charge in [0, 0.05) is 25.6 Å². The number of hydrogen-bond donors (Lipinski definition) is 3. The molecule has 2 heterocycles. The van der Waals surface area contributed by atoms with Crippen LogP contribution in [0.2, 0.25) is 0 Å². The molecular formula is C29H30N6O4. The molecule has 0 aliphatic heterocycles. The molecule has 5 rings (SSSR count). The first-order chi connectivity index (χ1) is 18.9. The summed E-state index contributed by atoms with van der Waals surface area (Å²) in [7, 11) is 0. The van der Waals surface area contributed by atoms with E-state index in [1.54, 1.807) is 12.1 Å². The van der Waals surface area contributed by atoms with E-state index in [1.807, 2.05) is 41.8 Å². The van der Waals surface area contributed by atoms with Crippen LogP contribution in [-0.2, 0) is 6.54 Å². The predicted octanol–water partition coefficient (Wildman–Crippen LogP) is 4.39. The predicted molar refractivity (Wildman–Crippen MR) is 146 cm³/mol. The van der Waals surface area contributed by atoms with Gasteiger partial charge in [-0.2, -0.15) is 5.26 Å². The van der Waals surface area contributed by atoms with Crippen molar-refractivity contribution in [2.24, 2.45) is 5.92 Å². The van der Waals surface area contributed by atoms with Crippen LogP contribution in [0.4, 0.5) is 5.82 Å². The molecule has 1 saturated carbocycles. The maximum Gasteiger partial charge on any atom is 0.374 e. The molecule has 1 fully saturated rings. The molecule has 200 valence electrons. The lowest BCUT2D eigenvalue weighted by Crippen LogP contribution is -2.20. The number of carboxylic acid groups (broad SMARTS) is 1. The van der Waals surface area contributed by atoms with E-state index in [1.165, 1.54) is 0 Å². The van der Waals surface area contributed by atoms with Gasteiger partial charge in [-0.05, 0) is 62.4 Å². The van der Waals surface area contributed by atoms with E-state index in [-0.39, 0.29) is 24.1 Å². The van der Waals surface area contributed by atoms with Gasteiger partial charge in [0.15, 0.2) is 11.5 Å². The van der Waals surface area contributed by atoms with Crippen LogP contribution >= 0.6 is 0 Å². The molecule has 0 spiro atoms. The summed E-state index contributed by atoms with van der Waals surface area (Å²) >= 11 is 0. The Hall–Kier alpha value is -4.49. The van der Waals surface area contributed by atoms with Gasteiger partial charge in [0.2, 0.25) is 5.82 Å². The number of carbonyl (C=O) groups is 1. The normalized spacial score (nSPS) is 13.7. The molecule has 0 bridgehead atoms. The number of hydrogen-bond acceptors (Lipinski definition) is 8. The van der Waals surface area contributed by atoms with Crippen LogP contribution < -0.4 is 10.1 Å². The molecule has 1 aliphatic carbocycles. The third-order valence-corrected chi connectivity index (χ3v) is 6.85. The van der Waals surface area contributed by atoms with Gasteiger partial charge in [-0.3, -0.25) is 0 Å². The van der Waals surface area contributed by atoms with Gasteiger partial charge in [0.1, 0.15) is 17.1 Å². The summed E-state index contributed by atoms with van der Waals surface area (Å²) in [4.78, 5) is 25.5. The van der Waals surface area contributed by atoms with Crippen molar-refractivity contribution in [3.63, 3.8) is 0 Å². The fourth-order valence-electron chi connectivity index (χ4n) is 4.58. The quantitative estimate of drug-likeness (QED) is 0.242. The zero-order valence-electron chi connectivity index (χ0n) is 21.9. The first kappa shape index (κ1) is 26.1. The zero-order chi connectivity index (χ0) is 27.5. The SMILES string of the molecule is Cc1ccc(OCCCO)c(-c2nc3nc(C(=O)O)nc(N[C@H](C)C4CC4)c3n2Cc2ccc(C#N)cc2)c1. The highest BCUT2D eigenvalue weighted by molar-refractivity contribution is 5.92.